The Labute approximate surface area is 181 Å². The molecule has 0 radical (unpaired) electrons. The van der Waals surface area contributed by atoms with Gasteiger partial charge in [-0.15, -0.1) is 0 Å². The van der Waals surface area contributed by atoms with Gasteiger partial charge in [0.05, 0.1) is 16.2 Å². The molecule has 30 heavy (non-hydrogen) atoms. The maximum absolute atomic E-state index is 12.8. The molecule has 158 valence electrons. The predicted molar refractivity (Wildman–Crippen MR) is 122 cm³/mol. The second kappa shape index (κ2) is 7.17. The Morgan fingerprint density at radius 1 is 1.03 bits per heavy atom. The predicted octanol–water partition coefficient (Wildman–Crippen LogP) is 5.04. The number of hydrogen-bond acceptors (Lipinski definition) is 3. The largest absolute Gasteiger partial charge is 0.508 e. The van der Waals surface area contributed by atoms with E-state index in [1.165, 1.54) is 6.20 Å². The third-order valence-electron chi connectivity index (χ3n) is 5.23. The zero-order valence-electron chi connectivity index (χ0n) is 18.1. The second-order valence-electron chi connectivity index (χ2n) is 9.63. The molecule has 3 aromatic rings. The molecule has 5 nitrogen and oxygen atoms in total. The number of para-hydroxylation sites is 1. The number of pyridine rings is 1. The number of phenols is 1. The first-order chi connectivity index (χ1) is 13.7. The monoisotopic (exact) mass is 426 g/mol. The van der Waals surface area contributed by atoms with Gasteiger partial charge >= 0.3 is 0 Å². The van der Waals surface area contributed by atoms with E-state index in [1.807, 2.05) is 26.8 Å². The van der Waals surface area contributed by atoms with Crippen LogP contribution in [0.1, 0.15) is 63.0 Å². The van der Waals surface area contributed by atoms with Gasteiger partial charge in [0.15, 0.2) is 0 Å². The molecule has 3 N–H and O–H groups in total. The van der Waals surface area contributed by atoms with Gasteiger partial charge in [-0.25, -0.2) is 0 Å². The molecule has 1 amide bonds. The Morgan fingerprint density at radius 2 is 1.63 bits per heavy atom. The normalized spacial score (nSPS) is 12.4. The highest BCUT2D eigenvalue weighted by atomic mass is 35.5. The van der Waals surface area contributed by atoms with E-state index in [0.29, 0.717) is 16.2 Å². The zero-order chi connectivity index (χ0) is 22.6. The molecule has 0 aliphatic heterocycles. The van der Waals surface area contributed by atoms with E-state index in [1.54, 1.807) is 28.8 Å². The number of fused-ring (bicyclic) bond motifs is 1. The lowest BCUT2D eigenvalue weighted by Crippen LogP contribution is -2.25. The maximum Gasteiger partial charge on any atom is 0.254 e. The Morgan fingerprint density at radius 3 is 2.17 bits per heavy atom. The lowest BCUT2D eigenvalue weighted by atomic mass is 9.79. The SMILES string of the molecule is CC(C)(C)c1cc(C(C)(C)C)c(-n2cc(C(N)=O)c(=O)c3cccc(Cl)c32)cc1O. The highest BCUT2D eigenvalue weighted by Gasteiger charge is 2.27. The third kappa shape index (κ3) is 3.70. The van der Waals surface area contributed by atoms with Crippen molar-refractivity contribution in [2.24, 2.45) is 5.73 Å². The summed E-state index contributed by atoms with van der Waals surface area (Å²) in [6.07, 6.45) is 1.42. The van der Waals surface area contributed by atoms with Crippen LogP contribution in [0.2, 0.25) is 5.02 Å². The Balaban J connectivity index is 2.56. The van der Waals surface area contributed by atoms with Crippen LogP contribution >= 0.6 is 11.6 Å². The maximum atomic E-state index is 12.8. The average Bonchev–Trinajstić information content (AvgIpc) is 2.60. The number of carbonyl (C=O) groups excluding carboxylic acids is 1. The van der Waals surface area contributed by atoms with E-state index in [2.05, 4.69) is 20.8 Å². The van der Waals surface area contributed by atoms with Gasteiger partial charge in [-0.2, -0.15) is 0 Å². The number of benzene rings is 2. The number of amides is 1. The Kier molecular flexibility index (Phi) is 5.23. The van der Waals surface area contributed by atoms with Crippen molar-refractivity contribution in [3.63, 3.8) is 0 Å². The number of nitrogens with zero attached hydrogens (tertiary/aromatic N) is 1. The number of rotatable bonds is 2. The standard InChI is InChI=1S/C24H27ClN2O3/c1-23(2,3)15-10-16(24(4,5)6)19(28)11-18(15)27-12-14(22(26)30)21(29)13-8-7-9-17(25)20(13)27/h7-12,28H,1-6H3,(H2,26,30). The molecule has 1 heterocycles. The van der Waals surface area contributed by atoms with E-state index < -0.39 is 11.3 Å². The summed E-state index contributed by atoms with van der Waals surface area (Å²) in [5.41, 5.74) is 7.15. The van der Waals surface area contributed by atoms with E-state index >= 15 is 0 Å². The van der Waals surface area contributed by atoms with Crippen LogP contribution < -0.4 is 11.2 Å². The van der Waals surface area contributed by atoms with Crippen molar-refractivity contribution in [3.8, 4) is 11.4 Å². The molecule has 0 spiro atoms. The summed E-state index contributed by atoms with van der Waals surface area (Å²) in [6, 6.07) is 8.61. The smallest absolute Gasteiger partial charge is 0.254 e. The van der Waals surface area contributed by atoms with Crippen LogP contribution in [0.25, 0.3) is 16.6 Å². The van der Waals surface area contributed by atoms with Crippen LogP contribution in [-0.2, 0) is 10.8 Å². The summed E-state index contributed by atoms with van der Waals surface area (Å²) < 4.78 is 1.69. The van der Waals surface area contributed by atoms with Gasteiger partial charge in [0, 0.05) is 17.6 Å². The number of nitrogens with two attached hydrogens (primary N) is 1. The van der Waals surface area contributed by atoms with Gasteiger partial charge < -0.3 is 15.4 Å². The summed E-state index contributed by atoms with van der Waals surface area (Å²) >= 11 is 6.49. The first-order valence-corrected chi connectivity index (χ1v) is 10.1. The van der Waals surface area contributed by atoms with Gasteiger partial charge in [0.25, 0.3) is 5.91 Å². The highest BCUT2D eigenvalue weighted by molar-refractivity contribution is 6.35. The Hall–Kier alpha value is -2.79. The molecule has 0 aliphatic rings. The summed E-state index contributed by atoms with van der Waals surface area (Å²) in [5, 5.41) is 11.5. The molecule has 0 unspecified atom stereocenters. The number of phenolic OH excluding ortho intramolecular Hbond substituents is 1. The van der Waals surface area contributed by atoms with Crippen molar-refractivity contribution in [1.82, 2.24) is 4.57 Å². The van der Waals surface area contributed by atoms with Gasteiger partial charge in [-0.3, -0.25) is 9.59 Å². The van der Waals surface area contributed by atoms with Crippen LogP contribution in [0.4, 0.5) is 0 Å². The summed E-state index contributed by atoms with van der Waals surface area (Å²) in [6.45, 7) is 12.3. The topological polar surface area (TPSA) is 85.3 Å². The highest BCUT2D eigenvalue weighted by Crippen LogP contribution is 2.40. The summed E-state index contributed by atoms with van der Waals surface area (Å²) in [5.74, 6) is -0.687. The quantitative estimate of drug-likeness (QED) is 0.601. The molecule has 6 heteroatoms. The van der Waals surface area contributed by atoms with Crippen molar-refractivity contribution in [1.29, 1.82) is 0 Å². The van der Waals surface area contributed by atoms with Crippen LogP contribution in [0.3, 0.4) is 0 Å². The second-order valence-corrected chi connectivity index (χ2v) is 10.0. The number of halogens is 1. The van der Waals surface area contributed by atoms with Crippen molar-refractivity contribution in [2.75, 3.05) is 0 Å². The first-order valence-electron chi connectivity index (χ1n) is 9.75. The number of aromatic hydroxyl groups is 1. The van der Waals surface area contributed by atoms with Crippen LogP contribution in [0.5, 0.6) is 5.75 Å². The van der Waals surface area contributed by atoms with Crippen molar-refractivity contribution < 1.29 is 9.90 Å². The van der Waals surface area contributed by atoms with Crippen molar-refractivity contribution in [3.05, 3.63) is 68.5 Å². The number of carbonyl (C=O) groups is 1. The van der Waals surface area contributed by atoms with E-state index in [0.717, 1.165) is 11.1 Å². The molecule has 0 saturated heterocycles. The fourth-order valence-corrected chi connectivity index (χ4v) is 3.95. The third-order valence-corrected chi connectivity index (χ3v) is 5.54. The van der Waals surface area contributed by atoms with Crippen LogP contribution in [-0.4, -0.2) is 15.6 Å². The molecule has 0 saturated carbocycles. The summed E-state index contributed by atoms with van der Waals surface area (Å²) in [4.78, 5) is 24.8. The van der Waals surface area contributed by atoms with Gasteiger partial charge in [0.1, 0.15) is 11.3 Å². The van der Waals surface area contributed by atoms with Gasteiger partial charge in [0.2, 0.25) is 5.43 Å². The first kappa shape index (κ1) is 21.9. The average molecular weight is 427 g/mol. The number of aromatic nitrogens is 1. The fourth-order valence-electron chi connectivity index (χ4n) is 3.68. The van der Waals surface area contributed by atoms with Crippen molar-refractivity contribution in [2.45, 2.75) is 52.4 Å². The van der Waals surface area contributed by atoms with Crippen LogP contribution in [0.15, 0.2) is 41.3 Å². The van der Waals surface area contributed by atoms with E-state index in [9.17, 15) is 14.7 Å². The molecular formula is C24H27ClN2O3. The molecule has 3 rings (SSSR count). The molecule has 0 fully saturated rings. The molecule has 0 bridgehead atoms. The van der Waals surface area contributed by atoms with Gasteiger partial charge in [-0.1, -0.05) is 59.2 Å². The van der Waals surface area contributed by atoms with E-state index in [4.69, 9.17) is 17.3 Å². The van der Waals surface area contributed by atoms with Gasteiger partial charge in [-0.05, 0) is 40.2 Å². The number of primary amides is 1. The number of hydrogen-bond donors (Lipinski definition) is 2. The molecule has 1 aromatic heterocycles. The molecule has 0 atom stereocenters. The minimum Gasteiger partial charge on any atom is -0.508 e. The Bertz CT molecular complexity index is 1230. The zero-order valence-corrected chi connectivity index (χ0v) is 18.9. The molecule has 0 aliphatic carbocycles. The summed E-state index contributed by atoms with van der Waals surface area (Å²) in [7, 11) is 0. The molecular weight excluding hydrogens is 400 g/mol. The minimum absolute atomic E-state index is 0.130. The fraction of sp³-hybridized carbons (Fsp3) is 0.333. The molecule has 2 aromatic carbocycles. The lowest BCUT2D eigenvalue weighted by Gasteiger charge is -2.29. The minimum atomic E-state index is -0.816. The van der Waals surface area contributed by atoms with E-state index in [-0.39, 0.29) is 27.5 Å². The lowest BCUT2D eigenvalue weighted by molar-refractivity contribution is 0.0999. The van der Waals surface area contributed by atoms with Crippen molar-refractivity contribution >= 4 is 28.4 Å². The van der Waals surface area contributed by atoms with Crippen LogP contribution in [0, 0.1) is 0 Å².